The molecule has 0 aromatic carbocycles. The average molecular weight is 385 g/mol. The van der Waals surface area contributed by atoms with Gasteiger partial charge in [0, 0.05) is 19.1 Å². The number of aliphatic hydroxyl groups excluding tert-OH is 1. The van der Waals surface area contributed by atoms with Gasteiger partial charge in [0.05, 0.1) is 18.9 Å². The first-order chi connectivity index (χ1) is 9.31. The average Bonchev–Trinajstić information content (AvgIpc) is 2.35. The lowest BCUT2D eigenvalue weighted by molar-refractivity contribution is 0.163. The van der Waals surface area contributed by atoms with Crippen molar-refractivity contribution < 1.29 is 13.5 Å². The molecule has 0 aliphatic carbocycles. The molecule has 1 aromatic heterocycles. The molecule has 2 atom stereocenters. The summed E-state index contributed by atoms with van der Waals surface area (Å²) in [5, 5.41) is 12.6. The fraction of sp³-hybridized carbons (Fsp3) is 0.545. The Morgan fingerprint density at radius 2 is 2.30 bits per heavy atom. The molecular weight excluding hydrogens is 370 g/mol. The van der Waals surface area contributed by atoms with Gasteiger partial charge in [0.1, 0.15) is 9.76 Å². The molecule has 2 N–H and O–H groups in total. The number of piperazine rings is 1. The van der Waals surface area contributed by atoms with Crippen LogP contribution in [0.15, 0.2) is 16.7 Å². The van der Waals surface area contributed by atoms with E-state index >= 15 is 0 Å². The maximum absolute atomic E-state index is 12.0. The van der Waals surface area contributed by atoms with E-state index < -0.39 is 10.0 Å². The van der Waals surface area contributed by atoms with Crippen LogP contribution in [0, 0.1) is 0 Å². The van der Waals surface area contributed by atoms with E-state index in [1.54, 1.807) is 12.1 Å². The Morgan fingerprint density at radius 1 is 1.60 bits per heavy atom. The molecule has 112 valence electrons. The second-order valence-corrected chi connectivity index (χ2v) is 7.82. The molecule has 0 spiro atoms. The summed E-state index contributed by atoms with van der Waals surface area (Å²) >= 11 is 9.17. The topological polar surface area (TPSA) is 82.5 Å². The first-order valence-corrected chi connectivity index (χ1v) is 8.97. The Labute approximate surface area is 131 Å². The van der Waals surface area contributed by atoms with E-state index in [1.807, 2.05) is 0 Å². The van der Waals surface area contributed by atoms with Crippen LogP contribution in [0.3, 0.4) is 0 Å². The quantitative estimate of drug-likeness (QED) is 0.752. The summed E-state index contributed by atoms with van der Waals surface area (Å²) in [5.41, 5.74) is 0.756. The summed E-state index contributed by atoms with van der Waals surface area (Å²) in [7, 11) is -3.39. The van der Waals surface area contributed by atoms with Gasteiger partial charge in [-0.25, -0.2) is 13.4 Å². The standard InChI is InChI=1S/C11H15BrClN3O3S/c1-20(18,19)16-5-8(6-17)14-4-9(16)7-2-10(12)15-11(13)3-7/h2-3,8-9,14,17H,4-6H2,1H3/t8-,9+/m1/s1. The van der Waals surface area contributed by atoms with Crippen molar-refractivity contribution >= 4 is 37.6 Å². The van der Waals surface area contributed by atoms with Crippen molar-refractivity contribution in [2.45, 2.75) is 12.1 Å². The highest BCUT2D eigenvalue weighted by atomic mass is 79.9. The molecule has 0 bridgehead atoms. The Hall–Kier alpha value is -0.250. The number of pyridine rings is 1. The Morgan fingerprint density at radius 3 is 2.85 bits per heavy atom. The van der Waals surface area contributed by atoms with E-state index in [2.05, 4.69) is 26.2 Å². The number of nitrogens with zero attached hydrogens (tertiary/aromatic N) is 2. The van der Waals surface area contributed by atoms with Gasteiger partial charge in [-0.3, -0.25) is 0 Å². The molecule has 1 aliphatic rings. The summed E-state index contributed by atoms with van der Waals surface area (Å²) in [6, 6.07) is 2.76. The molecule has 20 heavy (non-hydrogen) atoms. The SMILES string of the molecule is CS(=O)(=O)N1C[C@H](CO)NC[C@H]1c1cc(Cl)nc(Br)c1. The molecule has 0 saturated carbocycles. The highest BCUT2D eigenvalue weighted by Crippen LogP contribution is 2.29. The fourth-order valence-corrected chi connectivity index (χ4v) is 4.12. The van der Waals surface area contributed by atoms with E-state index in [1.165, 1.54) is 4.31 Å². The molecule has 9 heteroatoms. The van der Waals surface area contributed by atoms with E-state index in [0.717, 1.165) is 11.8 Å². The molecule has 0 unspecified atom stereocenters. The van der Waals surface area contributed by atoms with Crippen molar-refractivity contribution in [1.29, 1.82) is 0 Å². The van der Waals surface area contributed by atoms with Crippen LogP contribution in [0.5, 0.6) is 0 Å². The fourth-order valence-electron chi connectivity index (χ4n) is 2.24. The van der Waals surface area contributed by atoms with Crippen molar-refractivity contribution in [3.05, 3.63) is 27.5 Å². The van der Waals surface area contributed by atoms with Gasteiger partial charge in [0.25, 0.3) is 0 Å². The number of sulfonamides is 1. The first-order valence-electron chi connectivity index (χ1n) is 5.95. The molecular formula is C11H15BrClN3O3S. The largest absolute Gasteiger partial charge is 0.395 e. The Bertz CT molecular complexity index is 578. The van der Waals surface area contributed by atoms with Gasteiger partial charge in [-0.15, -0.1) is 0 Å². The summed E-state index contributed by atoms with van der Waals surface area (Å²) in [5.74, 6) is 0. The van der Waals surface area contributed by atoms with E-state index in [-0.39, 0.29) is 25.2 Å². The van der Waals surface area contributed by atoms with Crippen molar-refractivity contribution in [2.24, 2.45) is 0 Å². The minimum atomic E-state index is -3.39. The van der Waals surface area contributed by atoms with Gasteiger partial charge in [0.15, 0.2) is 0 Å². The normalized spacial score (nSPS) is 24.8. The third-order valence-electron chi connectivity index (χ3n) is 3.16. The van der Waals surface area contributed by atoms with Crippen LogP contribution < -0.4 is 5.32 Å². The molecule has 1 saturated heterocycles. The zero-order valence-corrected chi connectivity index (χ0v) is 13.9. The van der Waals surface area contributed by atoms with Gasteiger partial charge in [-0.2, -0.15) is 4.31 Å². The first kappa shape index (κ1) is 16.1. The van der Waals surface area contributed by atoms with Crippen LogP contribution in [-0.4, -0.2) is 54.8 Å². The molecule has 0 radical (unpaired) electrons. The van der Waals surface area contributed by atoms with Crippen molar-refractivity contribution in [1.82, 2.24) is 14.6 Å². The lowest BCUT2D eigenvalue weighted by Crippen LogP contribution is -2.55. The molecule has 1 fully saturated rings. The van der Waals surface area contributed by atoms with E-state index in [0.29, 0.717) is 16.3 Å². The maximum Gasteiger partial charge on any atom is 0.211 e. The minimum absolute atomic E-state index is 0.112. The van der Waals surface area contributed by atoms with Crippen molar-refractivity contribution in [2.75, 3.05) is 26.0 Å². The lowest BCUT2D eigenvalue weighted by Gasteiger charge is -2.38. The summed E-state index contributed by atoms with van der Waals surface area (Å²) in [4.78, 5) is 4.00. The van der Waals surface area contributed by atoms with Crippen LogP contribution in [0.25, 0.3) is 0 Å². The number of aliphatic hydroxyl groups is 1. The van der Waals surface area contributed by atoms with Crippen LogP contribution in [0.4, 0.5) is 0 Å². The molecule has 2 heterocycles. The van der Waals surface area contributed by atoms with Gasteiger partial charge < -0.3 is 10.4 Å². The molecule has 1 aromatic rings. The number of rotatable bonds is 3. The number of hydrogen-bond donors (Lipinski definition) is 2. The predicted molar refractivity (Wildman–Crippen MR) is 80.1 cm³/mol. The highest BCUT2D eigenvalue weighted by molar-refractivity contribution is 9.10. The van der Waals surface area contributed by atoms with E-state index in [9.17, 15) is 13.5 Å². The third-order valence-corrected chi connectivity index (χ3v) is 5.02. The second-order valence-electron chi connectivity index (χ2n) is 4.68. The molecule has 2 rings (SSSR count). The van der Waals surface area contributed by atoms with Crippen LogP contribution in [0.1, 0.15) is 11.6 Å². The van der Waals surface area contributed by atoms with Gasteiger partial charge in [-0.1, -0.05) is 11.6 Å². The van der Waals surface area contributed by atoms with Crippen molar-refractivity contribution in [3.8, 4) is 0 Å². The zero-order chi connectivity index (χ0) is 14.9. The zero-order valence-electron chi connectivity index (χ0n) is 10.8. The molecule has 6 nitrogen and oxygen atoms in total. The lowest BCUT2D eigenvalue weighted by atomic mass is 10.1. The van der Waals surface area contributed by atoms with Crippen molar-refractivity contribution in [3.63, 3.8) is 0 Å². The Balaban J connectivity index is 2.37. The monoisotopic (exact) mass is 383 g/mol. The van der Waals surface area contributed by atoms with Crippen LogP contribution in [0.2, 0.25) is 5.15 Å². The number of hydrogen-bond acceptors (Lipinski definition) is 5. The second kappa shape index (κ2) is 6.25. The summed E-state index contributed by atoms with van der Waals surface area (Å²) in [6.45, 7) is 0.516. The van der Waals surface area contributed by atoms with Gasteiger partial charge >= 0.3 is 0 Å². The van der Waals surface area contributed by atoms with Crippen LogP contribution >= 0.6 is 27.5 Å². The minimum Gasteiger partial charge on any atom is -0.395 e. The number of nitrogens with one attached hydrogen (secondary N) is 1. The van der Waals surface area contributed by atoms with Crippen LogP contribution in [-0.2, 0) is 10.0 Å². The predicted octanol–water partition coefficient (Wildman–Crippen LogP) is 0.764. The highest BCUT2D eigenvalue weighted by Gasteiger charge is 2.34. The smallest absolute Gasteiger partial charge is 0.211 e. The third kappa shape index (κ3) is 3.69. The summed E-state index contributed by atoms with van der Waals surface area (Å²) < 4.78 is 25.8. The summed E-state index contributed by atoms with van der Waals surface area (Å²) in [6.07, 6.45) is 1.16. The van der Waals surface area contributed by atoms with E-state index in [4.69, 9.17) is 11.6 Å². The maximum atomic E-state index is 12.0. The number of aromatic nitrogens is 1. The Kier molecular flexibility index (Phi) is 5.04. The van der Waals surface area contributed by atoms with Gasteiger partial charge in [-0.05, 0) is 33.6 Å². The number of halogens is 2. The molecule has 0 amide bonds. The van der Waals surface area contributed by atoms with Gasteiger partial charge in [0.2, 0.25) is 10.0 Å². The molecule has 1 aliphatic heterocycles.